The summed E-state index contributed by atoms with van der Waals surface area (Å²) in [5.74, 6) is 0.788. The predicted molar refractivity (Wildman–Crippen MR) is 139 cm³/mol. The zero-order valence-electron chi connectivity index (χ0n) is 21.6. The van der Waals surface area contributed by atoms with Crippen molar-refractivity contribution in [3.8, 4) is 0 Å². The number of nitrogens with zero attached hydrogens (tertiary/aromatic N) is 6. The van der Waals surface area contributed by atoms with Gasteiger partial charge in [-0.1, -0.05) is 0 Å². The number of hydrogen-bond acceptors (Lipinski definition) is 8. The molecule has 2 saturated heterocycles. The van der Waals surface area contributed by atoms with Crippen molar-refractivity contribution in [3.63, 3.8) is 0 Å². The number of aromatic amines is 1. The van der Waals surface area contributed by atoms with E-state index in [-0.39, 0.29) is 17.6 Å². The molecule has 2 unspecified atom stereocenters. The summed E-state index contributed by atoms with van der Waals surface area (Å²) >= 11 is 0. The molecular formula is C27H31N7O4. The molecule has 1 aromatic carbocycles. The maximum Gasteiger partial charge on any atom is 0.289 e. The van der Waals surface area contributed by atoms with Gasteiger partial charge in [0, 0.05) is 43.9 Å². The molecule has 0 aliphatic carbocycles. The second-order valence-corrected chi connectivity index (χ2v) is 10.1. The van der Waals surface area contributed by atoms with E-state index in [9.17, 15) is 9.59 Å². The average molecular weight is 518 g/mol. The molecule has 6 rings (SSSR count). The smallest absolute Gasteiger partial charge is 0.289 e. The van der Waals surface area contributed by atoms with Crippen LogP contribution in [0.1, 0.15) is 52.0 Å². The van der Waals surface area contributed by atoms with E-state index in [0.29, 0.717) is 49.9 Å². The van der Waals surface area contributed by atoms with Gasteiger partial charge in [0.25, 0.3) is 11.5 Å². The largest absolute Gasteiger partial charge is 0.459 e. The van der Waals surface area contributed by atoms with E-state index in [0.717, 1.165) is 41.5 Å². The Balaban J connectivity index is 1.36. The summed E-state index contributed by atoms with van der Waals surface area (Å²) in [4.78, 5) is 33.4. The molecule has 5 heterocycles. The minimum Gasteiger partial charge on any atom is -0.459 e. The molecule has 0 bridgehead atoms. The molecule has 2 fully saturated rings. The molecule has 1 N–H and O–H groups in total. The Kier molecular flexibility index (Phi) is 6.54. The van der Waals surface area contributed by atoms with Crippen LogP contribution in [0.15, 0.2) is 45.8 Å². The fourth-order valence-corrected chi connectivity index (χ4v) is 5.45. The monoisotopic (exact) mass is 517 g/mol. The van der Waals surface area contributed by atoms with Gasteiger partial charge in [0.1, 0.15) is 6.04 Å². The number of benzene rings is 1. The van der Waals surface area contributed by atoms with Gasteiger partial charge < -0.3 is 19.0 Å². The van der Waals surface area contributed by atoms with Crippen LogP contribution in [0.3, 0.4) is 0 Å². The highest BCUT2D eigenvalue weighted by Gasteiger charge is 2.34. The summed E-state index contributed by atoms with van der Waals surface area (Å²) in [6, 6.07) is 8.96. The summed E-state index contributed by atoms with van der Waals surface area (Å²) in [6.07, 6.45) is 3.51. The van der Waals surface area contributed by atoms with Gasteiger partial charge in [0.05, 0.1) is 18.9 Å². The number of hydrogen-bond donors (Lipinski definition) is 1. The van der Waals surface area contributed by atoms with Crippen molar-refractivity contribution in [1.29, 1.82) is 0 Å². The highest BCUT2D eigenvalue weighted by Crippen LogP contribution is 2.29. The first-order valence-corrected chi connectivity index (χ1v) is 13.1. The zero-order valence-corrected chi connectivity index (χ0v) is 21.6. The second kappa shape index (κ2) is 10.1. The molecule has 2 aliphatic heterocycles. The summed E-state index contributed by atoms with van der Waals surface area (Å²) in [6.45, 7) is 7.45. The molecule has 1 amide bonds. The quantitative estimate of drug-likeness (QED) is 0.414. The lowest BCUT2D eigenvalue weighted by atomic mass is 10.00. The number of amides is 1. The highest BCUT2D eigenvalue weighted by molar-refractivity contribution is 5.91. The van der Waals surface area contributed by atoms with E-state index in [1.54, 1.807) is 21.7 Å². The standard InChI is InChI=1S/C27H31N7O4/c1-17-13-19-15-21(26(35)28-22(19)14-18(17)2)24(25-29-30-31-34(25)16-20-5-3-11-37-20)32-7-9-33(10-8-32)27(36)23-6-4-12-38-23/h4,6,12-15,20,24H,3,5,7-11,16H2,1-2H3,(H,28,35). The lowest BCUT2D eigenvalue weighted by molar-refractivity contribution is 0.0550. The summed E-state index contributed by atoms with van der Waals surface area (Å²) in [7, 11) is 0. The van der Waals surface area contributed by atoms with Gasteiger partial charge in [-0.15, -0.1) is 5.10 Å². The van der Waals surface area contributed by atoms with E-state index in [2.05, 4.69) is 38.4 Å². The minimum absolute atomic E-state index is 0.0428. The Hall–Kier alpha value is -3.83. The number of aromatic nitrogens is 5. The molecule has 11 nitrogen and oxygen atoms in total. The van der Waals surface area contributed by atoms with E-state index in [1.165, 1.54) is 6.26 Å². The van der Waals surface area contributed by atoms with Crippen molar-refractivity contribution >= 4 is 16.8 Å². The number of nitrogens with one attached hydrogen (secondary N) is 1. The van der Waals surface area contributed by atoms with Crippen LogP contribution in [0.25, 0.3) is 10.9 Å². The number of rotatable bonds is 6. The lowest BCUT2D eigenvalue weighted by Gasteiger charge is -2.38. The van der Waals surface area contributed by atoms with Crippen molar-refractivity contribution in [2.45, 2.75) is 45.4 Å². The number of ether oxygens (including phenoxy) is 1. The Morgan fingerprint density at radius 2 is 1.97 bits per heavy atom. The molecule has 0 radical (unpaired) electrons. The Morgan fingerprint density at radius 1 is 1.16 bits per heavy atom. The number of pyridine rings is 1. The van der Waals surface area contributed by atoms with Gasteiger partial charge in [0.15, 0.2) is 11.6 Å². The lowest BCUT2D eigenvalue weighted by Crippen LogP contribution is -2.50. The van der Waals surface area contributed by atoms with Gasteiger partial charge >= 0.3 is 0 Å². The van der Waals surface area contributed by atoms with Crippen molar-refractivity contribution in [3.05, 3.63) is 75.2 Å². The van der Waals surface area contributed by atoms with Crippen LogP contribution in [0.5, 0.6) is 0 Å². The zero-order chi connectivity index (χ0) is 26.2. The number of carbonyl (C=O) groups excluding carboxylic acids is 1. The first-order chi connectivity index (χ1) is 18.5. The maximum atomic E-state index is 13.5. The van der Waals surface area contributed by atoms with E-state index in [4.69, 9.17) is 9.15 Å². The molecular weight excluding hydrogens is 486 g/mol. The van der Waals surface area contributed by atoms with Gasteiger partial charge in [-0.3, -0.25) is 14.5 Å². The predicted octanol–water partition coefficient (Wildman–Crippen LogP) is 2.45. The van der Waals surface area contributed by atoms with Crippen LogP contribution >= 0.6 is 0 Å². The Labute approximate surface area is 219 Å². The van der Waals surface area contributed by atoms with E-state index < -0.39 is 6.04 Å². The number of fused-ring (bicyclic) bond motifs is 1. The van der Waals surface area contributed by atoms with Gasteiger partial charge in [-0.25, -0.2) is 4.68 Å². The summed E-state index contributed by atoms with van der Waals surface area (Å²) in [5, 5.41) is 13.6. The fraction of sp³-hybridized carbons (Fsp3) is 0.444. The summed E-state index contributed by atoms with van der Waals surface area (Å²) < 4.78 is 12.9. The van der Waals surface area contributed by atoms with Crippen LogP contribution in [-0.4, -0.2) is 79.8 Å². The number of furan rings is 1. The molecule has 4 aromatic rings. The summed E-state index contributed by atoms with van der Waals surface area (Å²) in [5.41, 5.74) is 3.48. The van der Waals surface area contributed by atoms with Crippen molar-refractivity contribution in [1.82, 2.24) is 35.0 Å². The Morgan fingerprint density at radius 3 is 2.71 bits per heavy atom. The maximum absolute atomic E-state index is 13.5. The fourth-order valence-electron chi connectivity index (χ4n) is 5.45. The second-order valence-electron chi connectivity index (χ2n) is 10.1. The minimum atomic E-state index is -0.484. The molecule has 0 saturated carbocycles. The normalized spacial score (nSPS) is 19.3. The number of tetrazole rings is 1. The van der Waals surface area contributed by atoms with Gasteiger partial charge in [0.2, 0.25) is 0 Å². The first kappa shape index (κ1) is 24.5. The topological polar surface area (TPSA) is 122 Å². The third-order valence-corrected chi connectivity index (χ3v) is 7.69. The van der Waals surface area contributed by atoms with Gasteiger partial charge in [-0.2, -0.15) is 0 Å². The van der Waals surface area contributed by atoms with Crippen LogP contribution in [0.4, 0.5) is 0 Å². The average Bonchev–Trinajstić information content (AvgIpc) is 3.70. The molecule has 0 spiro atoms. The number of carbonyl (C=O) groups is 1. The molecule has 38 heavy (non-hydrogen) atoms. The molecule has 3 aromatic heterocycles. The number of piperazine rings is 1. The van der Waals surface area contributed by atoms with Crippen molar-refractivity contribution in [2.75, 3.05) is 32.8 Å². The van der Waals surface area contributed by atoms with Crippen LogP contribution in [0.2, 0.25) is 0 Å². The molecule has 198 valence electrons. The van der Waals surface area contributed by atoms with E-state index in [1.807, 2.05) is 19.1 Å². The SMILES string of the molecule is Cc1cc2cc(C(c3nnnn3CC3CCCO3)N3CCN(C(=O)c4ccco4)CC3)c(=O)[nH]c2cc1C. The van der Waals surface area contributed by atoms with Crippen LogP contribution in [0, 0.1) is 13.8 Å². The molecule has 2 atom stereocenters. The van der Waals surface area contributed by atoms with Crippen LogP contribution in [-0.2, 0) is 11.3 Å². The Bertz CT molecular complexity index is 1500. The highest BCUT2D eigenvalue weighted by atomic mass is 16.5. The number of H-pyrrole nitrogens is 1. The van der Waals surface area contributed by atoms with E-state index >= 15 is 0 Å². The third-order valence-electron chi connectivity index (χ3n) is 7.69. The molecule has 2 aliphatic rings. The third kappa shape index (κ3) is 4.63. The van der Waals surface area contributed by atoms with Gasteiger partial charge in [-0.05, 0) is 84.0 Å². The van der Waals surface area contributed by atoms with Crippen molar-refractivity contribution in [2.24, 2.45) is 0 Å². The number of aryl methyl sites for hydroxylation is 2. The van der Waals surface area contributed by atoms with Crippen molar-refractivity contribution < 1.29 is 13.9 Å². The van der Waals surface area contributed by atoms with Crippen LogP contribution < -0.4 is 5.56 Å². The first-order valence-electron chi connectivity index (χ1n) is 13.1. The molecule has 11 heteroatoms.